The number of aromatic nitrogens is 6. The van der Waals surface area contributed by atoms with Crippen molar-refractivity contribution in [3.8, 4) is 12.1 Å². The van der Waals surface area contributed by atoms with Crippen LogP contribution in [0.2, 0.25) is 0 Å². The van der Waals surface area contributed by atoms with Crippen LogP contribution in [0.1, 0.15) is 56.2 Å². The summed E-state index contributed by atoms with van der Waals surface area (Å²) in [7, 11) is -4.30. The van der Waals surface area contributed by atoms with Crippen molar-refractivity contribution >= 4 is 79.3 Å². The van der Waals surface area contributed by atoms with E-state index in [1.54, 1.807) is 24.5 Å². The van der Waals surface area contributed by atoms with Crippen LogP contribution in [0.25, 0.3) is 46.1 Å². The number of ether oxygens (including phenoxy) is 2. The summed E-state index contributed by atoms with van der Waals surface area (Å²) in [5, 5.41) is 28.8. The molecule has 0 aliphatic carbocycles. The Morgan fingerprint density at radius 2 is 1.06 bits per heavy atom. The van der Waals surface area contributed by atoms with Crippen LogP contribution in [0.15, 0.2) is 110 Å². The number of fused-ring (bicyclic) bond motifs is 2. The largest absolute Gasteiger partial charge is 0.400 e. The third kappa shape index (κ3) is 11.4. The molecule has 2 aromatic carbocycles. The molecule has 8 aromatic rings. The fourth-order valence-electron chi connectivity index (χ4n) is 7.23. The van der Waals surface area contributed by atoms with Gasteiger partial charge in [0.2, 0.25) is 0 Å². The first-order chi connectivity index (χ1) is 32.7. The van der Waals surface area contributed by atoms with Crippen molar-refractivity contribution in [1.82, 2.24) is 29.9 Å². The number of H-pyrrole nitrogens is 2. The second-order valence-corrected chi connectivity index (χ2v) is 16.3. The molecule has 17 heteroatoms. The standard InChI is InChI=1S/C50H44N10O6S/c1-33-43-17-19-55-47(43)15-13-45(33)59-49-35(27-53-29-37(49)25-51)9-11-39-5-3-7-41(57-39)31-63-21-23-65-67(61,62)66-24-22-64-32-42-8-4-6-40(58-42)12-10-36-28-54-30-38(26-52)50(36)60-46-14-16-48-44(34(46)2)18-20-56-48/h3-20,27-30,55-56H,21-24,31-32H2,1-2H3,(H,53,59)(H,54,60)/b11-9+,12-10+. The molecule has 0 aliphatic heterocycles. The summed E-state index contributed by atoms with van der Waals surface area (Å²) in [6.45, 7) is 3.68. The first-order valence-corrected chi connectivity index (χ1v) is 22.4. The van der Waals surface area contributed by atoms with Crippen molar-refractivity contribution in [2.75, 3.05) is 37.1 Å². The van der Waals surface area contributed by atoms with Crippen LogP contribution in [0.3, 0.4) is 0 Å². The van der Waals surface area contributed by atoms with Gasteiger partial charge >= 0.3 is 10.4 Å². The number of aryl methyl sites for hydroxylation is 2. The third-order valence-corrected chi connectivity index (χ3v) is 11.6. The lowest BCUT2D eigenvalue weighted by molar-refractivity contribution is 0.0669. The molecule has 0 radical (unpaired) electrons. The number of hydrogen-bond donors (Lipinski definition) is 4. The summed E-state index contributed by atoms with van der Waals surface area (Å²) in [6, 6.07) is 27.3. The number of rotatable bonds is 20. The highest BCUT2D eigenvalue weighted by atomic mass is 32.3. The minimum atomic E-state index is -4.30. The SMILES string of the molecule is Cc1c(Nc2c(C#N)cncc2/C=C/c2cccc(COCCOS(=O)(=O)OCCOCc3cccc(/C=C/c4cncc(C#N)c4Nc4ccc5[nH]ccc5c4C)n3)n2)ccc2[nH]ccc12. The van der Waals surface area contributed by atoms with Gasteiger partial charge in [0.25, 0.3) is 0 Å². The Kier molecular flexibility index (Phi) is 14.5. The quantitative estimate of drug-likeness (QED) is 0.0523. The molecule has 0 atom stereocenters. The van der Waals surface area contributed by atoms with Gasteiger partial charge in [-0.3, -0.25) is 19.9 Å². The minimum absolute atomic E-state index is 0.0327. The van der Waals surface area contributed by atoms with E-state index in [0.717, 1.165) is 44.3 Å². The van der Waals surface area contributed by atoms with E-state index >= 15 is 0 Å². The van der Waals surface area contributed by atoms with Crippen LogP contribution < -0.4 is 10.6 Å². The Hall–Kier alpha value is -8.03. The zero-order chi connectivity index (χ0) is 46.6. The van der Waals surface area contributed by atoms with Gasteiger partial charge in [0.15, 0.2) is 0 Å². The van der Waals surface area contributed by atoms with Gasteiger partial charge < -0.3 is 30.1 Å². The van der Waals surface area contributed by atoms with Crippen LogP contribution in [0, 0.1) is 36.5 Å². The maximum atomic E-state index is 12.4. The van der Waals surface area contributed by atoms with E-state index in [4.69, 9.17) is 17.8 Å². The molecule has 67 heavy (non-hydrogen) atoms. The maximum Gasteiger partial charge on any atom is 0.400 e. The fraction of sp³-hybridized carbons (Fsp3) is 0.160. The summed E-state index contributed by atoms with van der Waals surface area (Å²) < 4.78 is 45.9. The van der Waals surface area contributed by atoms with E-state index in [-0.39, 0.29) is 39.6 Å². The zero-order valence-electron chi connectivity index (χ0n) is 36.5. The summed E-state index contributed by atoms with van der Waals surface area (Å²) in [5.41, 5.74) is 11.9. The van der Waals surface area contributed by atoms with E-state index in [1.165, 1.54) is 12.4 Å². The number of pyridine rings is 4. The molecule has 0 spiro atoms. The van der Waals surface area contributed by atoms with Crippen molar-refractivity contribution < 1.29 is 26.3 Å². The number of anilines is 4. The number of nitrogens with one attached hydrogen (secondary N) is 4. The Morgan fingerprint density at radius 1 is 0.597 bits per heavy atom. The predicted octanol–water partition coefficient (Wildman–Crippen LogP) is 9.43. The Balaban J connectivity index is 0.766. The van der Waals surface area contributed by atoms with Crippen molar-refractivity contribution in [3.05, 3.63) is 166 Å². The second kappa shape index (κ2) is 21.3. The topological polar surface area (TPSA) is 226 Å². The maximum absolute atomic E-state index is 12.4. The molecule has 8 rings (SSSR count). The average Bonchev–Trinajstić information content (AvgIpc) is 4.04. The minimum Gasteiger partial charge on any atom is -0.373 e. The highest BCUT2D eigenvalue weighted by Crippen LogP contribution is 2.33. The summed E-state index contributed by atoms with van der Waals surface area (Å²) >= 11 is 0. The van der Waals surface area contributed by atoms with E-state index < -0.39 is 10.4 Å². The van der Waals surface area contributed by atoms with E-state index in [0.29, 0.717) is 56.4 Å². The third-order valence-electron chi connectivity index (χ3n) is 10.7. The van der Waals surface area contributed by atoms with E-state index in [9.17, 15) is 18.9 Å². The van der Waals surface area contributed by atoms with Crippen molar-refractivity contribution in [2.45, 2.75) is 27.1 Å². The zero-order valence-corrected chi connectivity index (χ0v) is 37.3. The Labute approximate surface area is 386 Å². The number of nitrogens with zero attached hydrogens (tertiary/aromatic N) is 6. The molecule has 0 fully saturated rings. The van der Waals surface area contributed by atoms with Gasteiger partial charge in [0.05, 0.1) is 84.9 Å². The molecular formula is C50H44N10O6S. The highest BCUT2D eigenvalue weighted by molar-refractivity contribution is 7.81. The molecule has 4 N–H and O–H groups in total. The molecule has 0 aliphatic rings. The van der Waals surface area contributed by atoms with Gasteiger partial charge in [-0.2, -0.15) is 18.9 Å². The Bertz CT molecular complexity index is 3100. The van der Waals surface area contributed by atoms with Gasteiger partial charge in [0, 0.05) is 81.5 Å². The first kappa shape index (κ1) is 45.5. The lowest BCUT2D eigenvalue weighted by atomic mass is 10.1. The van der Waals surface area contributed by atoms with Gasteiger partial charge in [0.1, 0.15) is 12.1 Å². The number of nitriles is 2. The number of hydrogen-bond acceptors (Lipinski definition) is 14. The first-order valence-electron chi connectivity index (χ1n) is 21.1. The smallest absolute Gasteiger partial charge is 0.373 e. The van der Waals surface area contributed by atoms with Crippen molar-refractivity contribution in [3.63, 3.8) is 0 Å². The average molecular weight is 913 g/mol. The van der Waals surface area contributed by atoms with Crippen LogP contribution in [-0.4, -0.2) is 64.7 Å². The lowest BCUT2D eigenvalue weighted by Gasteiger charge is -2.14. The van der Waals surface area contributed by atoms with Crippen LogP contribution >= 0.6 is 0 Å². The van der Waals surface area contributed by atoms with Crippen molar-refractivity contribution in [2.24, 2.45) is 0 Å². The molecule has 0 amide bonds. The van der Waals surface area contributed by atoms with Crippen molar-refractivity contribution in [1.29, 1.82) is 10.5 Å². The number of aromatic amines is 2. The normalized spacial score (nSPS) is 11.7. The van der Waals surface area contributed by atoms with E-state index in [2.05, 4.69) is 52.7 Å². The molecule has 0 bridgehead atoms. The van der Waals surface area contributed by atoms with Gasteiger partial charge in [-0.25, -0.2) is 8.37 Å². The summed E-state index contributed by atoms with van der Waals surface area (Å²) in [6.07, 6.45) is 17.5. The molecule has 0 unspecified atom stereocenters. The fourth-order valence-corrected chi connectivity index (χ4v) is 7.85. The number of benzene rings is 2. The molecule has 16 nitrogen and oxygen atoms in total. The Morgan fingerprint density at radius 3 is 1.51 bits per heavy atom. The molecule has 0 saturated carbocycles. The van der Waals surface area contributed by atoms with Crippen LogP contribution in [0.4, 0.5) is 22.7 Å². The molecule has 0 saturated heterocycles. The van der Waals surface area contributed by atoms with Crippen LogP contribution in [0.5, 0.6) is 0 Å². The van der Waals surface area contributed by atoms with Crippen LogP contribution in [-0.2, 0) is 41.5 Å². The molecular weight excluding hydrogens is 869 g/mol. The second-order valence-electron chi connectivity index (χ2n) is 15.1. The summed E-state index contributed by atoms with van der Waals surface area (Å²) in [5.74, 6) is 0. The van der Waals surface area contributed by atoms with E-state index in [1.807, 2.05) is 111 Å². The van der Waals surface area contributed by atoms with Gasteiger partial charge in [-0.05, 0) is 110 Å². The molecule has 336 valence electrons. The monoisotopic (exact) mass is 912 g/mol. The predicted molar refractivity (Wildman–Crippen MR) is 257 cm³/mol. The summed E-state index contributed by atoms with van der Waals surface area (Å²) in [4.78, 5) is 24.2. The lowest BCUT2D eigenvalue weighted by Crippen LogP contribution is -2.16. The van der Waals surface area contributed by atoms with Gasteiger partial charge in [-0.15, -0.1) is 0 Å². The highest BCUT2D eigenvalue weighted by Gasteiger charge is 2.15. The molecule has 6 aromatic heterocycles. The molecule has 6 heterocycles. The van der Waals surface area contributed by atoms with Gasteiger partial charge in [-0.1, -0.05) is 12.1 Å².